The lowest BCUT2D eigenvalue weighted by molar-refractivity contribution is -0.122. The monoisotopic (exact) mass is 547 g/mol. The first-order valence-electron chi connectivity index (χ1n) is 12.8. The van der Waals surface area contributed by atoms with Crippen molar-refractivity contribution in [2.24, 2.45) is 0 Å². The summed E-state index contributed by atoms with van der Waals surface area (Å²) >= 11 is 1.59. The number of nitrogens with one attached hydrogen (secondary N) is 1. The number of thiophene rings is 1. The molecule has 1 saturated heterocycles. The highest BCUT2D eigenvalue weighted by Gasteiger charge is 2.37. The van der Waals surface area contributed by atoms with Gasteiger partial charge >= 0.3 is 12.0 Å². The maximum atomic E-state index is 13.4. The van der Waals surface area contributed by atoms with E-state index in [-0.39, 0.29) is 18.1 Å². The molecule has 202 valence electrons. The van der Waals surface area contributed by atoms with Gasteiger partial charge in [-0.1, -0.05) is 0 Å². The topological polar surface area (TPSA) is 107 Å². The zero-order valence-corrected chi connectivity index (χ0v) is 23.1. The van der Waals surface area contributed by atoms with Gasteiger partial charge in [-0.05, 0) is 94.0 Å². The van der Waals surface area contributed by atoms with Crippen molar-refractivity contribution in [2.45, 2.75) is 46.5 Å². The van der Waals surface area contributed by atoms with Gasteiger partial charge in [0, 0.05) is 16.3 Å². The number of carbonyl (C=O) groups is 4. The van der Waals surface area contributed by atoms with E-state index >= 15 is 0 Å². The van der Waals surface area contributed by atoms with Crippen LogP contribution in [0.1, 0.15) is 57.5 Å². The lowest BCUT2D eigenvalue weighted by Crippen LogP contribution is -2.54. The molecule has 0 bridgehead atoms. The number of carbonyl (C=O) groups excluding carboxylic acids is 4. The Balaban J connectivity index is 1.57. The molecule has 39 heavy (non-hydrogen) atoms. The largest absolute Gasteiger partial charge is 0.497 e. The molecule has 0 spiro atoms. The van der Waals surface area contributed by atoms with Crippen molar-refractivity contribution >= 4 is 46.9 Å². The second kappa shape index (κ2) is 10.5. The molecule has 0 unspecified atom stereocenters. The molecule has 1 fully saturated rings. The van der Waals surface area contributed by atoms with Crippen LogP contribution in [0, 0.1) is 13.8 Å². The number of aryl methyl sites for hydroxylation is 2. The molecule has 4 amide bonds. The third-order valence-electron chi connectivity index (χ3n) is 7.04. The summed E-state index contributed by atoms with van der Waals surface area (Å²) in [6, 6.07) is 7.46. The molecule has 0 radical (unpaired) electrons. The molecule has 1 aromatic carbocycles. The van der Waals surface area contributed by atoms with E-state index in [1.165, 1.54) is 18.1 Å². The number of hydrogen-bond donors (Lipinski definition) is 1. The van der Waals surface area contributed by atoms with Crippen LogP contribution in [0.15, 0.2) is 35.9 Å². The summed E-state index contributed by atoms with van der Waals surface area (Å²) in [4.78, 5) is 54.0. The summed E-state index contributed by atoms with van der Waals surface area (Å²) in [6.07, 6.45) is 5.36. The van der Waals surface area contributed by atoms with Gasteiger partial charge in [0.1, 0.15) is 16.3 Å². The maximum Gasteiger partial charge on any atom is 0.341 e. The van der Waals surface area contributed by atoms with Gasteiger partial charge in [0.2, 0.25) is 0 Å². The van der Waals surface area contributed by atoms with E-state index in [0.717, 1.165) is 52.5 Å². The number of benzene rings is 1. The molecule has 2 aliphatic rings. The molecular weight excluding hydrogens is 518 g/mol. The molecule has 1 aliphatic carbocycles. The zero-order valence-electron chi connectivity index (χ0n) is 22.3. The Morgan fingerprint density at radius 3 is 2.51 bits per heavy atom. The van der Waals surface area contributed by atoms with Crippen molar-refractivity contribution in [3.63, 3.8) is 0 Å². The van der Waals surface area contributed by atoms with Crippen LogP contribution < -0.4 is 15.0 Å². The van der Waals surface area contributed by atoms with Crippen molar-refractivity contribution in [1.29, 1.82) is 0 Å². The molecule has 3 heterocycles. The van der Waals surface area contributed by atoms with Gasteiger partial charge in [-0.2, -0.15) is 0 Å². The van der Waals surface area contributed by atoms with E-state index in [0.29, 0.717) is 22.6 Å². The van der Waals surface area contributed by atoms with Gasteiger partial charge in [-0.15, -0.1) is 11.3 Å². The van der Waals surface area contributed by atoms with Gasteiger partial charge in [0.15, 0.2) is 0 Å². The number of imide groups is 2. The summed E-state index contributed by atoms with van der Waals surface area (Å²) in [5.41, 5.74) is 4.04. The number of aromatic nitrogens is 1. The number of amides is 4. The predicted molar refractivity (Wildman–Crippen MR) is 148 cm³/mol. The molecule has 0 saturated carbocycles. The van der Waals surface area contributed by atoms with Crippen LogP contribution in [0.4, 0.5) is 10.5 Å². The average Bonchev–Trinajstić information content (AvgIpc) is 3.42. The Bertz CT molecular complexity index is 1530. The predicted octanol–water partition coefficient (Wildman–Crippen LogP) is 4.89. The molecule has 3 aromatic rings. The molecule has 10 heteroatoms. The van der Waals surface area contributed by atoms with Crippen LogP contribution in [-0.4, -0.2) is 42.1 Å². The Hall–Kier alpha value is -4.18. The fourth-order valence-electron chi connectivity index (χ4n) is 5.15. The van der Waals surface area contributed by atoms with E-state index in [1.54, 1.807) is 42.5 Å². The van der Waals surface area contributed by atoms with Crippen LogP contribution >= 0.6 is 11.3 Å². The molecule has 1 N–H and O–H groups in total. The number of hydrogen-bond acceptors (Lipinski definition) is 7. The molecule has 0 atom stereocenters. The van der Waals surface area contributed by atoms with Crippen molar-refractivity contribution in [3.05, 3.63) is 68.9 Å². The number of anilines is 1. The van der Waals surface area contributed by atoms with Crippen LogP contribution in [-0.2, 0) is 27.2 Å². The molecule has 1 aliphatic heterocycles. The second-order valence-electron chi connectivity index (χ2n) is 9.43. The van der Waals surface area contributed by atoms with Crippen LogP contribution in [0.5, 0.6) is 5.75 Å². The summed E-state index contributed by atoms with van der Waals surface area (Å²) in [5.74, 6) is -1.26. The van der Waals surface area contributed by atoms with Gasteiger partial charge in [-0.25, -0.2) is 14.5 Å². The highest BCUT2D eigenvalue weighted by atomic mass is 32.1. The van der Waals surface area contributed by atoms with Crippen molar-refractivity contribution in [1.82, 2.24) is 9.88 Å². The molecular formula is C29H29N3O6S. The number of rotatable bonds is 6. The maximum absolute atomic E-state index is 13.4. The lowest BCUT2D eigenvalue weighted by atomic mass is 9.95. The number of ether oxygens (including phenoxy) is 2. The van der Waals surface area contributed by atoms with E-state index in [9.17, 15) is 19.2 Å². The van der Waals surface area contributed by atoms with E-state index in [2.05, 4.69) is 5.32 Å². The van der Waals surface area contributed by atoms with Gasteiger partial charge in [0.25, 0.3) is 11.8 Å². The Kier molecular flexibility index (Phi) is 7.14. The van der Waals surface area contributed by atoms with Crippen molar-refractivity contribution in [3.8, 4) is 10.8 Å². The number of urea groups is 1. The zero-order chi connectivity index (χ0) is 27.8. The SMILES string of the molecule is CCOC(=O)c1c(-n2c(C)cc(/C=C3\C(=O)NC(=O)N(c4ccc(OC)cc4)C3=O)c2C)sc2c1CCCC2. The Labute approximate surface area is 230 Å². The quantitative estimate of drug-likeness (QED) is 0.268. The Morgan fingerprint density at radius 1 is 1.10 bits per heavy atom. The first-order valence-corrected chi connectivity index (χ1v) is 13.6. The van der Waals surface area contributed by atoms with E-state index in [1.807, 2.05) is 24.5 Å². The number of methoxy groups -OCH3 is 1. The second-order valence-corrected chi connectivity index (χ2v) is 10.5. The van der Waals surface area contributed by atoms with Gasteiger partial charge in [-0.3, -0.25) is 14.9 Å². The molecule has 5 rings (SSSR count). The summed E-state index contributed by atoms with van der Waals surface area (Å²) in [7, 11) is 1.52. The fourth-order valence-corrected chi connectivity index (χ4v) is 6.64. The normalized spacial score (nSPS) is 16.4. The standard InChI is InChI=1S/C29H29N3O6S/c1-5-38-28(35)24-21-8-6-7-9-23(21)39-27(24)31-16(2)14-18(17(31)3)15-22-25(33)30-29(36)32(26(22)34)19-10-12-20(37-4)13-11-19/h10-15H,5-9H2,1-4H3,(H,30,33,36)/b22-15+. The van der Waals surface area contributed by atoms with Crippen LogP contribution in [0.2, 0.25) is 0 Å². The van der Waals surface area contributed by atoms with Crippen molar-refractivity contribution in [2.75, 3.05) is 18.6 Å². The third-order valence-corrected chi connectivity index (χ3v) is 8.31. The first kappa shape index (κ1) is 26.4. The smallest absolute Gasteiger partial charge is 0.341 e. The number of barbiturate groups is 1. The summed E-state index contributed by atoms with van der Waals surface area (Å²) < 4.78 is 12.6. The highest BCUT2D eigenvalue weighted by molar-refractivity contribution is 7.15. The van der Waals surface area contributed by atoms with Gasteiger partial charge in [0.05, 0.1) is 25.0 Å². The van der Waals surface area contributed by atoms with Crippen molar-refractivity contribution < 1.29 is 28.7 Å². The van der Waals surface area contributed by atoms with E-state index < -0.39 is 17.8 Å². The highest BCUT2D eigenvalue weighted by Crippen LogP contribution is 2.39. The van der Waals surface area contributed by atoms with Gasteiger partial charge < -0.3 is 14.0 Å². The third kappa shape index (κ3) is 4.65. The molecule has 9 nitrogen and oxygen atoms in total. The van der Waals surface area contributed by atoms with Crippen LogP contribution in [0.25, 0.3) is 11.1 Å². The minimum absolute atomic E-state index is 0.165. The minimum Gasteiger partial charge on any atom is -0.497 e. The number of fused-ring (bicyclic) bond motifs is 1. The Morgan fingerprint density at radius 2 is 1.82 bits per heavy atom. The number of nitrogens with zero attached hydrogens (tertiary/aromatic N) is 2. The summed E-state index contributed by atoms with van der Waals surface area (Å²) in [5, 5.41) is 3.05. The number of esters is 1. The fraction of sp³-hybridized carbons (Fsp3) is 0.310. The average molecular weight is 548 g/mol. The first-order chi connectivity index (χ1) is 18.7. The lowest BCUT2D eigenvalue weighted by Gasteiger charge is -2.26. The minimum atomic E-state index is -0.818. The van der Waals surface area contributed by atoms with Crippen LogP contribution in [0.3, 0.4) is 0 Å². The molecule has 2 aromatic heterocycles. The van der Waals surface area contributed by atoms with E-state index in [4.69, 9.17) is 9.47 Å². The summed E-state index contributed by atoms with van der Waals surface area (Å²) in [6.45, 7) is 5.87.